The molecule has 0 aliphatic heterocycles. The van der Waals surface area contributed by atoms with Crippen LogP contribution in [0.1, 0.15) is 5.82 Å². The average molecular weight is 335 g/mol. The zero-order chi connectivity index (χ0) is 16.6. The van der Waals surface area contributed by atoms with Gasteiger partial charge in [0.2, 0.25) is 11.8 Å². The Morgan fingerprint density at radius 2 is 1.78 bits per heavy atom. The fraction of sp³-hybridized carbons (Fsp3) is 0.214. The second-order valence-corrected chi connectivity index (χ2v) is 5.24. The Labute approximate surface area is 136 Å². The highest BCUT2D eigenvalue weighted by molar-refractivity contribution is 7.92. The number of nitrogens with zero attached hydrogens (tertiary/aromatic N) is 4. The molecule has 23 heavy (non-hydrogen) atoms. The number of anilines is 1. The van der Waals surface area contributed by atoms with Crippen LogP contribution in [0.5, 0.6) is 11.8 Å². The van der Waals surface area contributed by atoms with E-state index in [0.717, 1.165) is 0 Å². The first kappa shape index (κ1) is 15.3. The number of methoxy groups -OCH3 is 2. The second-order valence-electron chi connectivity index (χ2n) is 4.71. The van der Waals surface area contributed by atoms with Crippen molar-refractivity contribution in [1.29, 1.82) is 0 Å². The third kappa shape index (κ3) is 2.52. The Kier molecular flexibility index (Phi) is 3.95. The van der Waals surface area contributed by atoms with Crippen LogP contribution in [-0.2, 0) is 0 Å². The molecule has 9 heteroatoms. The summed E-state index contributed by atoms with van der Waals surface area (Å²) in [6.07, 6.45) is 1.58. The van der Waals surface area contributed by atoms with Gasteiger partial charge in [0.1, 0.15) is 17.2 Å². The molecule has 2 N–H and O–H groups in total. The van der Waals surface area contributed by atoms with Crippen molar-refractivity contribution in [3.05, 3.63) is 24.2 Å². The molecule has 3 rings (SSSR count). The van der Waals surface area contributed by atoms with Gasteiger partial charge in [-0.25, -0.2) is 8.96 Å². The molecule has 120 valence electrons. The molecule has 0 aromatic carbocycles. The maximum Gasteiger partial charge on any atom is 0.228 e. The first-order valence-electron chi connectivity index (χ1n) is 6.62. The third-order valence-corrected chi connectivity index (χ3v) is 3.75. The molecule has 3 heterocycles. The molecule has 3 aromatic rings. The van der Waals surface area contributed by atoms with Crippen LogP contribution in [0.25, 0.3) is 22.2 Å². The summed E-state index contributed by atoms with van der Waals surface area (Å²) in [5, 5.41) is 0.688. The van der Waals surface area contributed by atoms with Gasteiger partial charge in [-0.2, -0.15) is 9.97 Å². The third-order valence-electron chi connectivity index (χ3n) is 3.33. The summed E-state index contributed by atoms with van der Waals surface area (Å²) >= 11 is 0.0287. The Hall–Kier alpha value is -2.55. The van der Waals surface area contributed by atoms with Crippen LogP contribution in [-0.4, -0.2) is 33.1 Å². The second kappa shape index (κ2) is 5.92. The van der Waals surface area contributed by atoms with Crippen LogP contribution in [0.4, 0.5) is 9.70 Å². The largest absolute Gasteiger partial charge is 0.480 e. The van der Waals surface area contributed by atoms with Crippen molar-refractivity contribution < 1.29 is 13.4 Å². The Bertz CT molecular complexity index is 858. The van der Waals surface area contributed by atoms with Crippen molar-refractivity contribution >= 4 is 29.2 Å². The molecule has 0 spiro atoms. The molecule has 0 unspecified atom stereocenters. The molecular formula is C14H14FN5O2S. The van der Waals surface area contributed by atoms with Crippen molar-refractivity contribution in [2.75, 3.05) is 20.0 Å². The predicted octanol–water partition coefficient (Wildman–Crippen LogP) is 2.78. The Balaban J connectivity index is 2.37. The van der Waals surface area contributed by atoms with Gasteiger partial charge in [-0.15, -0.1) is 3.89 Å². The van der Waals surface area contributed by atoms with Gasteiger partial charge in [-0.05, 0) is 19.1 Å². The number of hydrogen-bond donors (Lipinski definition) is 1. The number of halogens is 1. The van der Waals surface area contributed by atoms with E-state index < -0.39 is 0 Å². The molecule has 0 radical (unpaired) electrons. The van der Waals surface area contributed by atoms with Crippen LogP contribution in [0.15, 0.2) is 18.3 Å². The van der Waals surface area contributed by atoms with E-state index in [1.165, 1.54) is 18.2 Å². The zero-order valence-corrected chi connectivity index (χ0v) is 13.5. The number of hydrogen-bond acceptors (Lipinski definition) is 7. The Morgan fingerprint density at radius 1 is 1.13 bits per heavy atom. The van der Waals surface area contributed by atoms with Crippen LogP contribution in [0.3, 0.4) is 0 Å². The predicted molar refractivity (Wildman–Crippen MR) is 87.1 cm³/mol. The summed E-state index contributed by atoms with van der Waals surface area (Å²) in [5.41, 5.74) is 7.27. The van der Waals surface area contributed by atoms with Gasteiger partial charge >= 0.3 is 0 Å². The maximum absolute atomic E-state index is 13.3. The van der Waals surface area contributed by atoms with Crippen molar-refractivity contribution in [3.63, 3.8) is 0 Å². The van der Waals surface area contributed by atoms with E-state index in [4.69, 9.17) is 15.2 Å². The first-order valence-corrected chi connectivity index (χ1v) is 7.30. The lowest BCUT2D eigenvalue weighted by atomic mass is 10.1. The SMILES string of the molecule is COc1nc(C)nc(OC)c1-c1cn(SF)c2nc(N)ccc12. The fourth-order valence-electron chi connectivity index (χ4n) is 2.39. The van der Waals surface area contributed by atoms with E-state index in [2.05, 4.69) is 15.0 Å². The number of ether oxygens (including phenoxy) is 2. The van der Waals surface area contributed by atoms with Crippen LogP contribution in [0, 0.1) is 6.92 Å². The molecule has 0 aliphatic carbocycles. The van der Waals surface area contributed by atoms with Crippen LogP contribution < -0.4 is 15.2 Å². The lowest BCUT2D eigenvalue weighted by Crippen LogP contribution is -2.01. The van der Waals surface area contributed by atoms with Gasteiger partial charge < -0.3 is 15.2 Å². The lowest BCUT2D eigenvalue weighted by Gasteiger charge is -2.11. The zero-order valence-electron chi connectivity index (χ0n) is 12.7. The molecule has 0 bridgehead atoms. The van der Waals surface area contributed by atoms with E-state index in [9.17, 15) is 3.89 Å². The number of nitrogens with two attached hydrogens (primary N) is 1. The van der Waals surface area contributed by atoms with Gasteiger partial charge in [0.05, 0.1) is 14.2 Å². The standard InChI is InChI=1S/C14H14FN5O2S/c1-7-17-13(21-2)11(14(18-7)22-3)9-6-20(23-15)12-8(9)4-5-10(16)19-12/h4-6H,1-3H3,(H2,16,19). The quantitative estimate of drug-likeness (QED) is 0.784. The number of nitrogen functional groups attached to an aromatic ring is 1. The minimum absolute atomic E-state index is 0.0287. The van der Waals surface area contributed by atoms with E-state index in [-0.39, 0.29) is 12.3 Å². The molecule has 7 nitrogen and oxygen atoms in total. The lowest BCUT2D eigenvalue weighted by molar-refractivity contribution is 0.373. The first-order chi connectivity index (χ1) is 11.1. The molecule has 0 fully saturated rings. The highest BCUT2D eigenvalue weighted by Gasteiger charge is 2.22. The molecule has 0 aliphatic rings. The summed E-state index contributed by atoms with van der Waals surface area (Å²) in [6.45, 7) is 1.73. The minimum Gasteiger partial charge on any atom is -0.480 e. The van der Waals surface area contributed by atoms with Crippen molar-refractivity contribution in [2.45, 2.75) is 6.92 Å². The van der Waals surface area contributed by atoms with Gasteiger partial charge in [0.25, 0.3) is 0 Å². The minimum atomic E-state index is 0.0287. The van der Waals surface area contributed by atoms with E-state index in [0.29, 0.717) is 45.6 Å². The highest BCUT2D eigenvalue weighted by Crippen LogP contribution is 2.41. The molecule has 3 aromatic heterocycles. The Morgan fingerprint density at radius 3 is 2.35 bits per heavy atom. The van der Waals surface area contributed by atoms with Crippen LogP contribution in [0.2, 0.25) is 0 Å². The number of aromatic nitrogens is 4. The van der Waals surface area contributed by atoms with Gasteiger partial charge in [0, 0.05) is 17.1 Å². The molecule has 0 saturated heterocycles. The number of rotatable bonds is 4. The highest BCUT2D eigenvalue weighted by atomic mass is 32.2. The number of aryl methyl sites for hydroxylation is 1. The molecule has 0 atom stereocenters. The number of pyridine rings is 1. The van der Waals surface area contributed by atoms with Crippen molar-refractivity contribution in [1.82, 2.24) is 18.9 Å². The van der Waals surface area contributed by atoms with E-state index in [1.54, 1.807) is 25.3 Å². The molecule has 0 saturated carbocycles. The summed E-state index contributed by atoms with van der Waals surface area (Å²) in [4.78, 5) is 12.7. The van der Waals surface area contributed by atoms with E-state index >= 15 is 0 Å². The summed E-state index contributed by atoms with van der Waals surface area (Å²) in [5.74, 6) is 1.49. The van der Waals surface area contributed by atoms with E-state index in [1.807, 2.05) is 0 Å². The monoisotopic (exact) mass is 335 g/mol. The van der Waals surface area contributed by atoms with Gasteiger partial charge in [0.15, 0.2) is 18.0 Å². The smallest absolute Gasteiger partial charge is 0.228 e. The summed E-state index contributed by atoms with van der Waals surface area (Å²) in [6, 6.07) is 3.41. The fourth-order valence-corrected chi connectivity index (χ4v) is 2.74. The van der Waals surface area contributed by atoms with Crippen LogP contribution >= 0.6 is 12.3 Å². The topological polar surface area (TPSA) is 88.1 Å². The average Bonchev–Trinajstić information content (AvgIpc) is 2.91. The van der Waals surface area contributed by atoms with Gasteiger partial charge in [-0.3, -0.25) is 0 Å². The molecular weight excluding hydrogens is 321 g/mol. The van der Waals surface area contributed by atoms with Crippen molar-refractivity contribution in [3.8, 4) is 22.9 Å². The maximum atomic E-state index is 13.3. The van der Waals surface area contributed by atoms with Gasteiger partial charge in [-0.1, -0.05) is 0 Å². The number of fused-ring (bicyclic) bond motifs is 1. The summed E-state index contributed by atoms with van der Waals surface area (Å²) in [7, 11) is 3.01. The normalized spacial score (nSPS) is 11.0. The van der Waals surface area contributed by atoms with Crippen molar-refractivity contribution in [2.24, 2.45) is 0 Å². The summed E-state index contributed by atoms with van der Waals surface area (Å²) < 4.78 is 25.2. The molecule has 0 amide bonds.